The highest BCUT2D eigenvalue weighted by molar-refractivity contribution is 5.90. The lowest BCUT2D eigenvalue weighted by molar-refractivity contribution is -0.384. The Morgan fingerprint density at radius 3 is 2.67 bits per heavy atom. The maximum atomic E-state index is 13.5. The molecule has 0 saturated heterocycles. The van der Waals surface area contributed by atoms with E-state index in [2.05, 4.69) is 5.32 Å². The van der Waals surface area contributed by atoms with Gasteiger partial charge in [-0.25, -0.2) is 9.18 Å². The van der Waals surface area contributed by atoms with Gasteiger partial charge in [0, 0.05) is 18.7 Å². The van der Waals surface area contributed by atoms with Gasteiger partial charge in [-0.15, -0.1) is 0 Å². The van der Waals surface area contributed by atoms with Gasteiger partial charge in [-0.3, -0.25) is 14.9 Å². The molecule has 0 unspecified atom stereocenters. The topological polar surface area (TPSA) is 145 Å². The Labute approximate surface area is 117 Å². The van der Waals surface area contributed by atoms with Crippen LogP contribution in [-0.2, 0) is 9.53 Å². The van der Waals surface area contributed by atoms with Gasteiger partial charge in [0.25, 0.3) is 5.69 Å². The molecule has 0 aliphatic rings. The number of nitrogens with one attached hydrogen (secondary N) is 1. The minimum Gasteiger partial charge on any atom is -0.478 e. The fraction of sp³-hybridized carbons (Fsp3) is 0.273. The molecule has 1 amide bonds. The van der Waals surface area contributed by atoms with E-state index in [1.807, 2.05) is 0 Å². The molecule has 0 aromatic heterocycles. The summed E-state index contributed by atoms with van der Waals surface area (Å²) in [5.41, 5.74) is 3.27. The van der Waals surface area contributed by atoms with Gasteiger partial charge >= 0.3 is 5.97 Å². The van der Waals surface area contributed by atoms with Crippen LogP contribution in [0.2, 0.25) is 0 Å². The van der Waals surface area contributed by atoms with Crippen LogP contribution < -0.4 is 11.1 Å². The minimum absolute atomic E-state index is 0.00238. The van der Waals surface area contributed by atoms with Gasteiger partial charge in [0.1, 0.15) is 23.7 Å². The summed E-state index contributed by atoms with van der Waals surface area (Å²) in [4.78, 5) is 31.1. The Morgan fingerprint density at radius 2 is 2.14 bits per heavy atom. The molecular formula is C11H12FN3O6. The van der Waals surface area contributed by atoms with Gasteiger partial charge in [0.05, 0.1) is 11.5 Å². The van der Waals surface area contributed by atoms with Crippen molar-refractivity contribution in [3.05, 3.63) is 33.6 Å². The zero-order valence-corrected chi connectivity index (χ0v) is 10.7. The normalized spacial score (nSPS) is 10.1. The second kappa shape index (κ2) is 7.14. The summed E-state index contributed by atoms with van der Waals surface area (Å²) in [7, 11) is 0. The van der Waals surface area contributed by atoms with E-state index in [9.17, 15) is 24.1 Å². The first-order valence-electron chi connectivity index (χ1n) is 5.64. The van der Waals surface area contributed by atoms with Crippen LogP contribution in [0.4, 0.5) is 15.8 Å². The fourth-order valence-corrected chi connectivity index (χ4v) is 1.45. The van der Waals surface area contributed by atoms with Gasteiger partial charge in [-0.05, 0) is 0 Å². The van der Waals surface area contributed by atoms with Gasteiger partial charge in [0.2, 0.25) is 5.91 Å². The number of nitrogens with two attached hydrogens (primary N) is 1. The van der Waals surface area contributed by atoms with Crippen molar-refractivity contribution in [1.29, 1.82) is 0 Å². The molecule has 0 saturated carbocycles. The van der Waals surface area contributed by atoms with E-state index in [1.54, 1.807) is 0 Å². The average Bonchev–Trinajstić information content (AvgIpc) is 2.37. The van der Waals surface area contributed by atoms with E-state index >= 15 is 0 Å². The van der Waals surface area contributed by atoms with Gasteiger partial charge < -0.3 is 20.9 Å². The molecule has 10 heteroatoms. The highest BCUT2D eigenvalue weighted by Crippen LogP contribution is 2.27. The van der Waals surface area contributed by atoms with Crippen LogP contribution in [0.3, 0.4) is 0 Å². The van der Waals surface area contributed by atoms with Crippen LogP contribution >= 0.6 is 0 Å². The van der Waals surface area contributed by atoms with Gasteiger partial charge in [0.15, 0.2) is 0 Å². The number of hydrogen-bond donors (Lipinski definition) is 3. The van der Waals surface area contributed by atoms with Crippen molar-refractivity contribution in [2.75, 3.05) is 25.1 Å². The SMILES string of the molecule is NC(=O)COCCNc1cc(F)c(C(=O)O)cc1[N+](=O)[O-]. The molecule has 0 spiro atoms. The number of primary amides is 1. The lowest BCUT2D eigenvalue weighted by Gasteiger charge is -2.08. The molecule has 0 heterocycles. The molecule has 0 radical (unpaired) electrons. The summed E-state index contributed by atoms with van der Waals surface area (Å²) in [5, 5.41) is 22.1. The highest BCUT2D eigenvalue weighted by Gasteiger charge is 2.21. The Bertz CT molecular complexity index is 577. The summed E-state index contributed by atoms with van der Waals surface area (Å²) < 4.78 is 18.3. The van der Waals surface area contributed by atoms with Crippen LogP contribution in [0.15, 0.2) is 12.1 Å². The van der Waals surface area contributed by atoms with E-state index in [1.165, 1.54) is 0 Å². The largest absolute Gasteiger partial charge is 0.478 e. The van der Waals surface area contributed by atoms with E-state index in [0.717, 1.165) is 6.07 Å². The summed E-state index contributed by atoms with van der Waals surface area (Å²) in [6.07, 6.45) is 0. The monoisotopic (exact) mass is 301 g/mol. The number of carboxylic acids is 1. The lowest BCUT2D eigenvalue weighted by atomic mass is 10.1. The number of nitro groups is 1. The van der Waals surface area contributed by atoms with Crippen molar-refractivity contribution >= 4 is 23.3 Å². The molecule has 0 atom stereocenters. The first kappa shape index (κ1) is 16.3. The number of halogens is 1. The summed E-state index contributed by atoms with van der Waals surface area (Å²) in [5.74, 6) is -3.38. The van der Waals surface area contributed by atoms with Crippen LogP contribution in [0.25, 0.3) is 0 Å². The first-order chi connectivity index (χ1) is 9.82. The van der Waals surface area contributed by atoms with Crippen molar-refractivity contribution in [2.45, 2.75) is 0 Å². The van der Waals surface area contributed by atoms with Crippen molar-refractivity contribution in [3.8, 4) is 0 Å². The quantitative estimate of drug-likeness (QED) is 0.356. The zero-order chi connectivity index (χ0) is 16.0. The van der Waals surface area contributed by atoms with E-state index in [-0.39, 0.29) is 25.4 Å². The molecule has 1 rings (SSSR count). The van der Waals surface area contributed by atoms with Gasteiger partial charge in [-0.1, -0.05) is 0 Å². The molecule has 9 nitrogen and oxygen atoms in total. The third-order valence-electron chi connectivity index (χ3n) is 2.32. The summed E-state index contributed by atoms with van der Waals surface area (Å²) >= 11 is 0. The number of carbonyl (C=O) groups is 2. The number of aromatic carboxylic acids is 1. The fourth-order valence-electron chi connectivity index (χ4n) is 1.45. The molecule has 0 fully saturated rings. The number of hydrogen-bond acceptors (Lipinski definition) is 6. The predicted octanol–water partition coefficient (Wildman–Crippen LogP) is 0.346. The molecule has 0 aliphatic carbocycles. The summed E-state index contributed by atoms with van der Waals surface area (Å²) in [6.45, 7) is -0.265. The molecule has 114 valence electrons. The lowest BCUT2D eigenvalue weighted by Crippen LogP contribution is -2.20. The third-order valence-corrected chi connectivity index (χ3v) is 2.32. The highest BCUT2D eigenvalue weighted by atomic mass is 19.1. The van der Waals surface area contributed by atoms with Crippen molar-refractivity contribution in [3.63, 3.8) is 0 Å². The van der Waals surface area contributed by atoms with Crippen LogP contribution in [0.1, 0.15) is 10.4 Å². The smallest absolute Gasteiger partial charge is 0.338 e. The third kappa shape index (κ3) is 4.69. The number of benzene rings is 1. The number of carboxylic acid groups (broad SMARTS) is 1. The van der Waals surface area contributed by atoms with Crippen LogP contribution in [-0.4, -0.2) is 41.7 Å². The molecule has 1 aromatic carbocycles. The van der Waals surface area contributed by atoms with Crippen molar-refractivity contribution < 1.29 is 28.7 Å². The average molecular weight is 301 g/mol. The minimum atomic E-state index is -1.60. The molecule has 21 heavy (non-hydrogen) atoms. The molecule has 0 aliphatic heterocycles. The number of nitrogens with zero attached hydrogens (tertiary/aromatic N) is 1. The van der Waals surface area contributed by atoms with Crippen molar-refractivity contribution in [2.24, 2.45) is 5.73 Å². The predicted molar refractivity (Wildman–Crippen MR) is 68.5 cm³/mol. The maximum Gasteiger partial charge on any atom is 0.338 e. The van der Waals surface area contributed by atoms with Crippen LogP contribution in [0.5, 0.6) is 0 Å². The van der Waals surface area contributed by atoms with E-state index in [4.69, 9.17) is 15.6 Å². The molecule has 1 aromatic rings. The Kier molecular flexibility index (Phi) is 5.55. The maximum absolute atomic E-state index is 13.5. The molecule has 0 bridgehead atoms. The molecule has 4 N–H and O–H groups in total. The van der Waals surface area contributed by atoms with Gasteiger partial charge in [-0.2, -0.15) is 0 Å². The number of rotatable bonds is 8. The van der Waals surface area contributed by atoms with Crippen LogP contribution in [0, 0.1) is 15.9 Å². The summed E-state index contributed by atoms with van der Waals surface area (Å²) in [6, 6.07) is 1.35. The standard InChI is InChI=1S/C11H12FN3O6/c12-7-4-8(14-1-2-21-5-10(13)16)9(15(19)20)3-6(7)11(17)18/h3-4,14H,1-2,5H2,(H2,13,16)(H,17,18). The second-order valence-corrected chi connectivity index (χ2v) is 3.86. The molecular weight excluding hydrogens is 289 g/mol. The van der Waals surface area contributed by atoms with Crippen molar-refractivity contribution in [1.82, 2.24) is 0 Å². The number of amides is 1. The Morgan fingerprint density at radius 1 is 1.48 bits per heavy atom. The number of carbonyl (C=O) groups excluding carboxylic acids is 1. The van der Waals surface area contributed by atoms with E-state index < -0.39 is 33.9 Å². The Hall–Kier alpha value is -2.75. The zero-order valence-electron chi connectivity index (χ0n) is 10.7. The number of nitro benzene ring substituents is 1. The van der Waals surface area contributed by atoms with E-state index in [0.29, 0.717) is 6.07 Å². The first-order valence-corrected chi connectivity index (χ1v) is 5.64. The number of ether oxygens (including phenoxy) is 1. The number of anilines is 1. The second-order valence-electron chi connectivity index (χ2n) is 3.86. The Balaban J connectivity index is 2.81.